The fraction of sp³-hybridized carbons (Fsp3) is 0.529. The highest BCUT2D eigenvalue weighted by molar-refractivity contribution is 6.43. The molecule has 1 aliphatic rings. The Labute approximate surface area is 265 Å². The number of piperazine rings is 1. The molecule has 0 unspecified atom stereocenters. The molecular formula is C34H45Cl2N3O4. The van der Waals surface area contributed by atoms with Crippen molar-refractivity contribution in [1.82, 2.24) is 9.47 Å². The molecule has 2 aromatic carbocycles. The fourth-order valence-electron chi connectivity index (χ4n) is 5.50. The second kappa shape index (κ2) is 17.5. The van der Waals surface area contributed by atoms with Crippen molar-refractivity contribution in [3.63, 3.8) is 0 Å². The molecule has 3 aromatic rings. The largest absolute Gasteiger partial charge is 0.494 e. The number of hydrogen-bond acceptors (Lipinski definition) is 6. The van der Waals surface area contributed by atoms with Crippen molar-refractivity contribution in [2.75, 3.05) is 44.2 Å². The monoisotopic (exact) mass is 629 g/mol. The van der Waals surface area contributed by atoms with Gasteiger partial charge in [-0.25, -0.2) is 0 Å². The van der Waals surface area contributed by atoms with Crippen molar-refractivity contribution in [3.05, 3.63) is 68.9 Å². The zero-order valence-electron chi connectivity index (χ0n) is 25.4. The number of anilines is 1. The lowest BCUT2D eigenvalue weighted by molar-refractivity contribution is -0.147. The lowest BCUT2D eigenvalue weighted by atomic mass is 10.1. The first-order valence-corrected chi connectivity index (χ1v) is 16.5. The summed E-state index contributed by atoms with van der Waals surface area (Å²) in [6, 6.07) is 14.8. The lowest BCUT2D eigenvalue weighted by Crippen LogP contribution is -2.46. The van der Waals surface area contributed by atoms with Crippen LogP contribution in [0.4, 0.5) is 5.69 Å². The molecule has 0 saturated carbocycles. The number of fused-ring (bicyclic) bond motifs is 1. The smallest absolute Gasteiger partial charge is 0.307 e. The number of halogens is 2. The third-order valence-electron chi connectivity index (χ3n) is 8.08. The molecule has 0 radical (unpaired) electrons. The molecule has 9 heteroatoms. The summed E-state index contributed by atoms with van der Waals surface area (Å²) < 4.78 is 13.0. The molecule has 0 amide bonds. The van der Waals surface area contributed by atoms with Crippen molar-refractivity contribution in [3.8, 4) is 5.75 Å². The van der Waals surface area contributed by atoms with Crippen molar-refractivity contribution in [2.24, 2.45) is 0 Å². The maximum Gasteiger partial charge on any atom is 0.307 e. The van der Waals surface area contributed by atoms with E-state index >= 15 is 0 Å². The Balaban J connectivity index is 1.18. The minimum atomic E-state index is -0.264. The Morgan fingerprint density at radius 2 is 1.60 bits per heavy atom. The molecule has 234 valence electrons. The number of carbonyl (C=O) groups excluding carboxylic acids is 1. The second-order valence-electron chi connectivity index (χ2n) is 11.3. The minimum Gasteiger partial charge on any atom is -0.494 e. The normalized spacial score (nSPS) is 13.9. The molecule has 4 rings (SSSR count). The Morgan fingerprint density at radius 3 is 2.40 bits per heavy atom. The van der Waals surface area contributed by atoms with Crippen LogP contribution in [0.2, 0.25) is 10.0 Å². The van der Waals surface area contributed by atoms with E-state index in [1.165, 1.54) is 36.3 Å². The molecule has 0 atom stereocenters. The third kappa shape index (κ3) is 10.2. The van der Waals surface area contributed by atoms with Crippen LogP contribution < -0.4 is 15.2 Å². The minimum absolute atomic E-state index is 0.0915. The molecular weight excluding hydrogens is 585 g/mol. The summed E-state index contributed by atoms with van der Waals surface area (Å²) in [6.45, 7) is 7.53. The van der Waals surface area contributed by atoms with Crippen molar-refractivity contribution in [2.45, 2.75) is 77.9 Å². The molecule has 1 fully saturated rings. The summed E-state index contributed by atoms with van der Waals surface area (Å²) >= 11 is 12.6. The van der Waals surface area contributed by atoms with Gasteiger partial charge in [0.2, 0.25) is 0 Å². The number of benzene rings is 2. The molecule has 43 heavy (non-hydrogen) atoms. The Kier molecular flexibility index (Phi) is 13.5. The van der Waals surface area contributed by atoms with E-state index < -0.39 is 0 Å². The van der Waals surface area contributed by atoms with Gasteiger partial charge in [-0.15, -0.1) is 0 Å². The Hall–Kier alpha value is -2.74. The van der Waals surface area contributed by atoms with Gasteiger partial charge in [-0.3, -0.25) is 19.1 Å². The predicted molar refractivity (Wildman–Crippen MR) is 177 cm³/mol. The fourth-order valence-corrected chi connectivity index (χ4v) is 5.92. The third-order valence-corrected chi connectivity index (χ3v) is 8.89. The first kappa shape index (κ1) is 33.2. The van der Waals surface area contributed by atoms with Crippen LogP contribution in [0.5, 0.6) is 5.75 Å². The van der Waals surface area contributed by atoms with Crippen molar-refractivity contribution < 1.29 is 14.3 Å². The molecule has 1 aromatic heterocycles. The van der Waals surface area contributed by atoms with E-state index in [2.05, 4.69) is 16.7 Å². The first-order valence-electron chi connectivity index (χ1n) is 15.8. The number of rotatable bonds is 17. The van der Waals surface area contributed by atoms with Crippen LogP contribution in [0.1, 0.15) is 71.1 Å². The standard InChI is InChI=1S/C34H45Cl2N3O4/c1-2-3-4-5-6-7-8-14-33(41)43-26-39-31-25-28(17-15-27(31)16-18-32(39)40)42-24-10-9-19-37-20-22-38(23-21-37)30-13-11-12-29(35)34(30)36/h11-13,15-18,25H,2-10,14,19-24,26H2,1H3. The summed E-state index contributed by atoms with van der Waals surface area (Å²) in [5, 5.41) is 2.11. The number of unbranched alkanes of at least 4 members (excludes halogenated alkanes) is 7. The topological polar surface area (TPSA) is 64.0 Å². The van der Waals surface area contributed by atoms with Gasteiger partial charge in [0.1, 0.15) is 5.75 Å². The molecule has 1 saturated heterocycles. The number of ether oxygens (including phenoxy) is 2. The SMILES string of the molecule is CCCCCCCCCC(=O)OCn1c(=O)ccc2ccc(OCCCCN3CCN(c4cccc(Cl)c4Cl)CC3)cc21. The van der Waals surface area contributed by atoms with Gasteiger partial charge in [0, 0.05) is 44.7 Å². The van der Waals surface area contributed by atoms with Crippen LogP contribution in [-0.2, 0) is 16.3 Å². The van der Waals surface area contributed by atoms with E-state index in [1.807, 2.05) is 36.4 Å². The first-order chi connectivity index (χ1) is 21.0. The number of pyridine rings is 1. The van der Waals surface area contributed by atoms with Crippen LogP contribution in [0.3, 0.4) is 0 Å². The zero-order valence-corrected chi connectivity index (χ0v) is 26.9. The van der Waals surface area contributed by atoms with Crippen LogP contribution >= 0.6 is 23.2 Å². The highest BCUT2D eigenvalue weighted by atomic mass is 35.5. The second-order valence-corrected chi connectivity index (χ2v) is 12.1. The maximum atomic E-state index is 12.6. The average molecular weight is 631 g/mol. The Bertz CT molecular complexity index is 1370. The van der Waals surface area contributed by atoms with Crippen LogP contribution in [-0.4, -0.2) is 54.8 Å². The Morgan fingerprint density at radius 1 is 0.860 bits per heavy atom. The molecule has 0 bridgehead atoms. The maximum absolute atomic E-state index is 12.6. The van der Waals surface area contributed by atoms with E-state index in [0.29, 0.717) is 34.3 Å². The summed E-state index contributed by atoms with van der Waals surface area (Å²) in [6.07, 6.45) is 10.3. The number of nitrogens with zero attached hydrogens (tertiary/aromatic N) is 3. The van der Waals surface area contributed by atoms with Crippen molar-refractivity contribution >= 4 is 45.8 Å². The number of esters is 1. The molecule has 0 N–H and O–H groups in total. The van der Waals surface area contributed by atoms with E-state index in [-0.39, 0.29) is 18.3 Å². The highest BCUT2D eigenvalue weighted by Crippen LogP contribution is 2.33. The van der Waals surface area contributed by atoms with Crippen LogP contribution in [0, 0.1) is 0 Å². The summed E-state index contributed by atoms with van der Waals surface area (Å²) in [5.41, 5.74) is 1.50. The molecule has 7 nitrogen and oxygen atoms in total. The summed E-state index contributed by atoms with van der Waals surface area (Å²) in [4.78, 5) is 29.7. The van der Waals surface area contributed by atoms with E-state index in [1.54, 1.807) is 6.07 Å². The van der Waals surface area contributed by atoms with Gasteiger partial charge in [-0.2, -0.15) is 0 Å². The van der Waals surface area contributed by atoms with Gasteiger partial charge >= 0.3 is 5.97 Å². The molecule has 2 heterocycles. The lowest BCUT2D eigenvalue weighted by Gasteiger charge is -2.36. The molecule has 0 spiro atoms. The zero-order chi connectivity index (χ0) is 30.4. The summed E-state index contributed by atoms with van der Waals surface area (Å²) in [7, 11) is 0. The van der Waals surface area contributed by atoms with Gasteiger partial charge in [-0.1, -0.05) is 74.7 Å². The van der Waals surface area contributed by atoms with Crippen LogP contribution in [0.25, 0.3) is 10.9 Å². The van der Waals surface area contributed by atoms with Gasteiger partial charge in [0.25, 0.3) is 5.56 Å². The van der Waals surface area contributed by atoms with Crippen LogP contribution in [0.15, 0.2) is 53.3 Å². The predicted octanol–water partition coefficient (Wildman–Crippen LogP) is 7.93. The van der Waals surface area contributed by atoms with E-state index in [4.69, 9.17) is 32.7 Å². The average Bonchev–Trinajstić information content (AvgIpc) is 3.01. The highest BCUT2D eigenvalue weighted by Gasteiger charge is 2.19. The van der Waals surface area contributed by atoms with Gasteiger partial charge in [0.15, 0.2) is 6.73 Å². The van der Waals surface area contributed by atoms with Gasteiger partial charge < -0.3 is 14.4 Å². The van der Waals surface area contributed by atoms with Crippen molar-refractivity contribution in [1.29, 1.82) is 0 Å². The van der Waals surface area contributed by atoms with E-state index in [9.17, 15) is 9.59 Å². The number of hydrogen-bond donors (Lipinski definition) is 0. The van der Waals surface area contributed by atoms with Gasteiger partial charge in [0.05, 0.1) is 27.9 Å². The van der Waals surface area contributed by atoms with Gasteiger partial charge in [-0.05, 0) is 61.5 Å². The summed E-state index contributed by atoms with van der Waals surface area (Å²) in [5.74, 6) is 0.438. The quantitative estimate of drug-likeness (QED) is 0.112. The molecule has 0 aliphatic carbocycles. The number of aromatic nitrogens is 1. The number of carbonyl (C=O) groups is 1. The van der Waals surface area contributed by atoms with E-state index in [0.717, 1.165) is 75.9 Å². The molecule has 1 aliphatic heterocycles.